The lowest BCUT2D eigenvalue weighted by Crippen LogP contribution is -2.55. The number of carbonyl (C=O) groups excluding carboxylic acids is 1. The maximum atomic E-state index is 12.4. The molecular formula is C22H35ClN4O. The molecule has 156 valence electrons. The Kier molecular flexibility index (Phi) is 8.12. The first-order valence-electron chi connectivity index (χ1n) is 10.9. The summed E-state index contributed by atoms with van der Waals surface area (Å²) in [5.41, 5.74) is 1.31. The number of amides is 1. The molecule has 1 aromatic heterocycles. The normalized spacial score (nSPS) is 27.9. The third-order valence-corrected chi connectivity index (χ3v) is 6.63. The number of piperidine rings is 3. The molecular weight excluding hydrogens is 372 g/mol. The fourth-order valence-electron chi connectivity index (χ4n) is 5.26. The molecule has 5 nitrogen and oxygen atoms in total. The smallest absolute Gasteiger partial charge is 0.222 e. The van der Waals surface area contributed by atoms with Gasteiger partial charge in [0.2, 0.25) is 5.91 Å². The van der Waals surface area contributed by atoms with Crippen LogP contribution in [0.4, 0.5) is 0 Å². The summed E-state index contributed by atoms with van der Waals surface area (Å²) < 4.78 is 0. The first-order valence-corrected chi connectivity index (χ1v) is 10.9. The predicted molar refractivity (Wildman–Crippen MR) is 114 cm³/mol. The van der Waals surface area contributed by atoms with Crippen LogP contribution in [0.3, 0.4) is 0 Å². The van der Waals surface area contributed by atoms with Crippen LogP contribution in [0, 0.1) is 11.8 Å². The molecule has 2 bridgehead atoms. The molecule has 3 aliphatic rings. The van der Waals surface area contributed by atoms with Crippen LogP contribution in [0.25, 0.3) is 0 Å². The topological polar surface area (TPSA) is 48.5 Å². The van der Waals surface area contributed by atoms with Gasteiger partial charge in [-0.25, -0.2) is 0 Å². The Balaban J connectivity index is 0.00000225. The Morgan fingerprint density at radius 2 is 2.07 bits per heavy atom. The number of nitrogens with zero attached hydrogens (tertiary/aromatic N) is 3. The van der Waals surface area contributed by atoms with Crippen molar-refractivity contribution in [3.05, 3.63) is 30.1 Å². The standard InChI is InChI=1S/C22H34N4O.ClH/c27-22(26-10-2-1-3-11-26)8-4-7-21-20-12-19(14-24-21)16-25(17-20)15-18-6-5-9-23-13-18;/h5-6,9,13,19-21,24H,1-4,7-8,10-12,14-17H2;1H/t19-,20-,21+;/m0./s1. The molecule has 4 rings (SSSR count). The molecule has 1 aromatic rings. The minimum atomic E-state index is 0. The van der Waals surface area contributed by atoms with E-state index in [1.165, 1.54) is 44.3 Å². The minimum absolute atomic E-state index is 0. The van der Waals surface area contributed by atoms with Crippen molar-refractivity contribution in [1.29, 1.82) is 0 Å². The van der Waals surface area contributed by atoms with E-state index in [-0.39, 0.29) is 12.4 Å². The molecule has 4 heterocycles. The van der Waals surface area contributed by atoms with E-state index >= 15 is 0 Å². The second-order valence-electron chi connectivity index (χ2n) is 8.77. The number of pyridine rings is 1. The fraction of sp³-hybridized carbons (Fsp3) is 0.727. The molecule has 0 aromatic carbocycles. The zero-order valence-electron chi connectivity index (χ0n) is 16.9. The van der Waals surface area contributed by atoms with Gasteiger partial charge in [0.1, 0.15) is 0 Å². The van der Waals surface area contributed by atoms with Crippen LogP contribution in [-0.2, 0) is 11.3 Å². The Labute approximate surface area is 175 Å². The maximum Gasteiger partial charge on any atom is 0.222 e. The van der Waals surface area contributed by atoms with Gasteiger partial charge in [-0.05, 0) is 68.5 Å². The third-order valence-electron chi connectivity index (χ3n) is 6.63. The molecule has 0 radical (unpaired) electrons. The van der Waals surface area contributed by atoms with E-state index < -0.39 is 0 Å². The first kappa shape index (κ1) is 21.5. The third kappa shape index (κ3) is 5.68. The van der Waals surface area contributed by atoms with E-state index in [9.17, 15) is 4.79 Å². The lowest BCUT2D eigenvalue weighted by atomic mass is 9.79. The minimum Gasteiger partial charge on any atom is -0.343 e. The van der Waals surface area contributed by atoms with Crippen LogP contribution in [0.1, 0.15) is 50.5 Å². The Morgan fingerprint density at radius 1 is 1.21 bits per heavy atom. The van der Waals surface area contributed by atoms with E-state index in [4.69, 9.17) is 0 Å². The van der Waals surface area contributed by atoms with E-state index in [2.05, 4.69) is 26.2 Å². The second-order valence-corrected chi connectivity index (χ2v) is 8.77. The highest BCUT2D eigenvalue weighted by molar-refractivity contribution is 5.85. The lowest BCUT2D eigenvalue weighted by molar-refractivity contribution is -0.132. The summed E-state index contributed by atoms with van der Waals surface area (Å²) >= 11 is 0. The number of hydrogen-bond donors (Lipinski definition) is 1. The zero-order chi connectivity index (χ0) is 18.5. The summed E-state index contributed by atoms with van der Waals surface area (Å²) in [6.07, 6.45) is 11.7. The van der Waals surface area contributed by atoms with Gasteiger partial charge in [0.05, 0.1) is 0 Å². The number of carbonyl (C=O) groups is 1. The molecule has 3 atom stereocenters. The van der Waals surface area contributed by atoms with Crippen molar-refractivity contribution in [2.75, 3.05) is 32.7 Å². The van der Waals surface area contributed by atoms with Gasteiger partial charge in [-0.1, -0.05) is 6.07 Å². The van der Waals surface area contributed by atoms with Gasteiger partial charge in [-0.15, -0.1) is 12.4 Å². The van der Waals surface area contributed by atoms with Gasteiger partial charge < -0.3 is 10.2 Å². The monoisotopic (exact) mass is 406 g/mol. The van der Waals surface area contributed by atoms with Gasteiger partial charge in [0, 0.05) is 57.6 Å². The Hall–Kier alpha value is -1.17. The Morgan fingerprint density at radius 3 is 2.86 bits per heavy atom. The number of rotatable bonds is 6. The molecule has 0 spiro atoms. The van der Waals surface area contributed by atoms with Crippen molar-refractivity contribution < 1.29 is 4.79 Å². The van der Waals surface area contributed by atoms with Crippen molar-refractivity contribution >= 4 is 18.3 Å². The van der Waals surface area contributed by atoms with Gasteiger partial charge in [-0.3, -0.25) is 14.7 Å². The average molecular weight is 407 g/mol. The van der Waals surface area contributed by atoms with Crippen molar-refractivity contribution in [2.45, 2.75) is 57.5 Å². The summed E-state index contributed by atoms with van der Waals surface area (Å²) in [6, 6.07) is 4.79. The van der Waals surface area contributed by atoms with Crippen molar-refractivity contribution in [1.82, 2.24) is 20.1 Å². The number of aromatic nitrogens is 1. The number of nitrogens with one attached hydrogen (secondary N) is 1. The summed E-state index contributed by atoms with van der Waals surface area (Å²) in [5.74, 6) is 1.87. The SMILES string of the molecule is Cl.O=C(CCC[C@H]1NC[C@@H]2C[C@H]1CN(Cc1cccnc1)C2)N1CCCCC1. The molecule has 3 aliphatic heterocycles. The average Bonchev–Trinajstić information content (AvgIpc) is 2.71. The van der Waals surface area contributed by atoms with Crippen molar-refractivity contribution in [2.24, 2.45) is 11.8 Å². The number of likely N-dealkylation sites (tertiary alicyclic amines) is 2. The van der Waals surface area contributed by atoms with Gasteiger partial charge in [-0.2, -0.15) is 0 Å². The summed E-state index contributed by atoms with van der Waals surface area (Å²) in [4.78, 5) is 21.4. The number of halogens is 1. The molecule has 3 fully saturated rings. The highest BCUT2D eigenvalue weighted by Gasteiger charge is 2.36. The highest BCUT2D eigenvalue weighted by Crippen LogP contribution is 2.31. The molecule has 3 saturated heterocycles. The van der Waals surface area contributed by atoms with E-state index in [1.54, 1.807) is 0 Å². The first-order chi connectivity index (χ1) is 13.3. The summed E-state index contributed by atoms with van der Waals surface area (Å²) in [6.45, 7) is 6.47. The van der Waals surface area contributed by atoms with Crippen LogP contribution < -0.4 is 5.32 Å². The molecule has 1 amide bonds. The Bertz CT molecular complexity index is 608. The summed E-state index contributed by atoms with van der Waals surface area (Å²) in [7, 11) is 0. The molecule has 0 unspecified atom stereocenters. The number of hydrogen-bond acceptors (Lipinski definition) is 4. The molecule has 28 heavy (non-hydrogen) atoms. The van der Waals surface area contributed by atoms with E-state index in [0.29, 0.717) is 11.9 Å². The molecule has 1 N–H and O–H groups in total. The second kappa shape index (κ2) is 10.6. The quantitative estimate of drug-likeness (QED) is 0.788. The van der Waals surface area contributed by atoms with Crippen LogP contribution in [0.15, 0.2) is 24.5 Å². The molecule has 6 heteroatoms. The van der Waals surface area contributed by atoms with Gasteiger partial charge >= 0.3 is 0 Å². The maximum absolute atomic E-state index is 12.4. The summed E-state index contributed by atoms with van der Waals surface area (Å²) in [5, 5.41) is 3.79. The van der Waals surface area contributed by atoms with E-state index in [1.807, 2.05) is 18.5 Å². The van der Waals surface area contributed by atoms with Crippen LogP contribution in [-0.4, -0.2) is 59.5 Å². The van der Waals surface area contributed by atoms with Crippen molar-refractivity contribution in [3.8, 4) is 0 Å². The molecule has 0 aliphatic carbocycles. The number of fused-ring (bicyclic) bond motifs is 2. The van der Waals surface area contributed by atoms with Gasteiger partial charge in [0.25, 0.3) is 0 Å². The van der Waals surface area contributed by atoms with Crippen LogP contribution >= 0.6 is 12.4 Å². The van der Waals surface area contributed by atoms with Crippen LogP contribution in [0.2, 0.25) is 0 Å². The van der Waals surface area contributed by atoms with E-state index in [0.717, 1.165) is 57.3 Å². The lowest BCUT2D eigenvalue weighted by Gasteiger charge is -2.46. The van der Waals surface area contributed by atoms with Gasteiger partial charge in [0.15, 0.2) is 0 Å². The fourth-order valence-corrected chi connectivity index (χ4v) is 5.26. The zero-order valence-corrected chi connectivity index (χ0v) is 17.7. The van der Waals surface area contributed by atoms with Crippen molar-refractivity contribution in [3.63, 3.8) is 0 Å². The largest absolute Gasteiger partial charge is 0.343 e. The predicted octanol–water partition coefficient (Wildman–Crippen LogP) is 3.10. The highest BCUT2D eigenvalue weighted by atomic mass is 35.5. The molecule has 0 saturated carbocycles. The van der Waals surface area contributed by atoms with Crippen LogP contribution in [0.5, 0.6) is 0 Å².